The molecule has 17 heavy (non-hydrogen) atoms. The molecule has 0 saturated carbocycles. The molecule has 2 rings (SSSR count). The van der Waals surface area contributed by atoms with Crippen molar-refractivity contribution in [2.24, 2.45) is 5.73 Å². The van der Waals surface area contributed by atoms with Crippen molar-refractivity contribution < 1.29 is 9.15 Å². The van der Waals surface area contributed by atoms with Gasteiger partial charge >= 0.3 is 0 Å². The van der Waals surface area contributed by atoms with Gasteiger partial charge in [-0.2, -0.15) is 0 Å². The summed E-state index contributed by atoms with van der Waals surface area (Å²) in [6.07, 6.45) is 1.64. The summed E-state index contributed by atoms with van der Waals surface area (Å²) in [7, 11) is 1.64. The Bertz CT molecular complexity index is 454. The Morgan fingerprint density at radius 2 is 2.12 bits per heavy atom. The predicted molar refractivity (Wildman–Crippen MR) is 67.1 cm³/mol. The second-order valence-corrected chi connectivity index (χ2v) is 3.65. The van der Waals surface area contributed by atoms with Gasteiger partial charge in [-0.1, -0.05) is 12.1 Å². The maximum absolute atomic E-state index is 5.74. The summed E-state index contributed by atoms with van der Waals surface area (Å²) >= 11 is 0. The van der Waals surface area contributed by atoms with Gasteiger partial charge in [0.15, 0.2) is 0 Å². The third-order valence-electron chi connectivity index (χ3n) is 2.56. The van der Waals surface area contributed by atoms with E-state index in [0.717, 1.165) is 17.2 Å². The smallest absolute Gasteiger partial charge is 0.141 e. The monoisotopic (exact) mass is 232 g/mol. The van der Waals surface area contributed by atoms with Crippen molar-refractivity contribution in [1.29, 1.82) is 0 Å². The second-order valence-electron chi connectivity index (χ2n) is 3.65. The van der Waals surface area contributed by atoms with Crippen LogP contribution in [0, 0.1) is 0 Å². The molecule has 0 amide bonds. The molecule has 1 aromatic carbocycles. The van der Waals surface area contributed by atoms with E-state index < -0.39 is 0 Å². The van der Waals surface area contributed by atoms with E-state index in [2.05, 4.69) is 5.32 Å². The summed E-state index contributed by atoms with van der Waals surface area (Å²) in [5.74, 6) is 1.61. The summed E-state index contributed by atoms with van der Waals surface area (Å²) in [5, 5.41) is 3.31. The average molecular weight is 232 g/mol. The summed E-state index contributed by atoms with van der Waals surface area (Å²) < 4.78 is 10.6. The Hall–Kier alpha value is -1.94. The third-order valence-corrected chi connectivity index (χ3v) is 2.56. The van der Waals surface area contributed by atoms with Gasteiger partial charge in [-0.15, -0.1) is 0 Å². The van der Waals surface area contributed by atoms with E-state index in [1.54, 1.807) is 13.4 Å². The molecule has 1 aromatic heterocycles. The summed E-state index contributed by atoms with van der Waals surface area (Å²) in [6.45, 7) is 0.450. The van der Waals surface area contributed by atoms with Crippen LogP contribution in [0.4, 0.5) is 5.69 Å². The van der Waals surface area contributed by atoms with Gasteiger partial charge in [0.25, 0.3) is 0 Å². The highest BCUT2D eigenvalue weighted by Gasteiger charge is 2.13. The topological polar surface area (TPSA) is 60.4 Å². The quantitative estimate of drug-likeness (QED) is 0.831. The number of anilines is 1. The highest BCUT2D eigenvalue weighted by atomic mass is 16.5. The van der Waals surface area contributed by atoms with Crippen LogP contribution in [0.2, 0.25) is 0 Å². The molecule has 90 valence electrons. The molecule has 0 saturated heterocycles. The van der Waals surface area contributed by atoms with E-state index in [1.165, 1.54) is 0 Å². The van der Waals surface area contributed by atoms with Gasteiger partial charge in [0.2, 0.25) is 0 Å². The molecule has 1 heterocycles. The highest BCUT2D eigenvalue weighted by Crippen LogP contribution is 2.27. The first-order valence-corrected chi connectivity index (χ1v) is 5.48. The third kappa shape index (κ3) is 2.60. The molecule has 1 atom stereocenters. The lowest BCUT2D eigenvalue weighted by atomic mass is 10.2. The average Bonchev–Trinajstić information content (AvgIpc) is 2.90. The van der Waals surface area contributed by atoms with Crippen molar-refractivity contribution >= 4 is 5.69 Å². The van der Waals surface area contributed by atoms with Crippen molar-refractivity contribution in [3.63, 3.8) is 0 Å². The first kappa shape index (κ1) is 11.5. The van der Waals surface area contributed by atoms with Gasteiger partial charge < -0.3 is 20.2 Å². The van der Waals surface area contributed by atoms with Gasteiger partial charge in [0.05, 0.1) is 25.1 Å². The van der Waals surface area contributed by atoms with Crippen LogP contribution < -0.4 is 15.8 Å². The molecule has 0 bridgehead atoms. The van der Waals surface area contributed by atoms with Crippen molar-refractivity contribution in [3.8, 4) is 5.75 Å². The van der Waals surface area contributed by atoms with Crippen molar-refractivity contribution in [3.05, 3.63) is 48.4 Å². The second kappa shape index (κ2) is 5.41. The largest absolute Gasteiger partial charge is 0.495 e. The number of para-hydroxylation sites is 2. The first-order valence-electron chi connectivity index (χ1n) is 5.48. The maximum Gasteiger partial charge on any atom is 0.141 e. The van der Waals surface area contributed by atoms with E-state index in [-0.39, 0.29) is 6.04 Å². The molecule has 0 fully saturated rings. The fourth-order valence-electron chi connectivity index (χ4n) is 1.69. The lowest BCUT2D eigenvalue weighted by Gasteiger charge is -2.17. The number of methoxy groups -OCH3 is 1. The number of hydrogen-bond acceptors (Lipinski definition) is 4. The molecule has 0 aliphatic heterocycles. The van der Waals surface area contributed by atoms with Gasteiger partial charge in [0, 0.05) is 6.54 Å². The fraction of sp³-hybridized carbons (Fsp3) is 0.231. The Kier molecular flexibility index (Phi) is 3.67. The number of ether oxygens (including phenoxy) is 1. The molecule has 1 unspecified atom stereocenters. The predicted octanol–water partition coefficient (Wildman–Crippen LogP) is 2.40. The van der Waals surface area contributed by atoms with Crippen LogP contribution in [-0.2, 0) is 0 Å². The fourth-order valence-corrected chi connectivity index (χ4v) is 1.69. The summed E-state index contributed by atoms with van der Waals surface area (Å²) in [6, 6.07) is 11.4. The van der Waals surface area contributed by atoms with E-state index in [1.807, 2.05) is 36.4 Å². The van der Waals surface area contributed by atoms with Gasteiger partial charge in [-0.25, -0.2) is 0 Å². The van der Waals surface area contributed by atoms with E-state index in [0.29, 0.717) is 6.54 Å². The van der Waals surface area contributed by atoms with E-state index in [4.69, 9.17) is 14.9 Å². The van der Waals surface area contributed by atoms with E-state index in [9.17, 15) is 0 Å². The Morgan fingerprint density at radius 3 is 2.76 bits per heavy atom. The summed E-state index contributed by atoms with van der Waals surface area (Å²) in [5.41, 5.74) is 6.64. The lowest BCUT2D eigenvalue weighted by molar-refractivity contribution is 0.415. The zero-order valence-electron chi connectivity index (χ0n) is 9.72. The van der Waals surface area contributed by atoms with Gasteiger partial charge in [0.1, 0.15) is 11.5 Å². The van der Waals surface area contributed by atoms with Crippen molar-refractivity contribution in [2.75, 3.05) is 19.0 Å². The summed E-state index contributed by atoms with van der Waals surface area (Å²) in [4.78, 5) is 0. The number of nitrogens with two attached hydrogens (primary N) is 1. The Morgan fingerprint density at radius 1 is 1.29 bits per heavy atom. The lowest BCUT2D eigenvalue weighted by Crippen LogP contribution is -2.20. The SMILES string of the molecule is COc1ccccc1NC(CN)c1ccco1. The normalized spacial score (nSPS) is 12.1. The number of benzene rings is 1. The molecule has 0 spiro atoms. The minimum atomic E-state index is -0.0544. The van der Waals surface area contributed by atoms with Crippen LogP contribution in [0.1, 0.15) is 11.8 Å². The molecule has 3 N–H and O–H groups in total. The highest BCUT2D eigenvalue weighted by molar-refractivity contribution is 5.57. The van der Waals surface area contributed by atoms with Crippen LogP contribution in [0.25, 0.3) is 0 Å². The molecule has 0 aliphatic carbocycles. The molecular weight excluding hydrogens is 216 g/mol. The van der Waals surface area contributed by atoms with Crippen LogP contribution in [-0.4, -0.2) is 13.7 Å². The van der Waals surface area contributed by atoms with Crippen molar-refractivity contribution in [1.82, 2.24) is 0 Å². The maximum atomic E-state index is 5.74. The molecule has 0 radical (unpaired) electrons. The standard InChI is InChI=1S/C13H16N2O2/c1-16-12-6-3-2-5-10(12)15-11(9-14)13-7-4-8-17-13/h2-8,11,15H,9,14H2,1H3. The van der Waals surface area contributed by atoms with Gasteiger partial charge in [-0.05, 0) is 24.3 Å². The molecule has 0 aliphatic rings. The van der Waals surface area contributed by atoms with Crippen molar-refractivity contribution in [2.45, 2.75) is 6.04 Å². The minimum Gasteiger partial charge on any atom is -0.495 e. The zero-order valence-corrected chi connectivity index (χ0v) is 9.72. The molecule has 4 heteroatoms. The van der Waals surface area contributed by atoms with E-state index >= 15 is 0 Å². The zero-order chi connectivity index (χ0) is 12.1. The van der Waals surface area contributed by atoms with Gasteiger partial charge in [-0.3, -0.25) is 0 Å². The molecule has 2 aromatic rings. The number of hydrogen-bond donors (Lipinski definition) is 2. The Labute approximate surface area is 100 Å². The Balaban J connectivity index is 2.18. The van der Waals surface area contributed by atoms with Crippen LogP contribution in [0.5, 0.6) is 5.75 Å². The molecular formula is C13H16N2O2. The first-order chi connectivity index (χ1) is 8.35. The van der Waals surface area contributed by atoms with Crippen LogP contribution in [0.15, 0.2) is 47.1 Å². The number of nitrogens with one attached hydrogen (secondary N) is 1. The number of rotatable bonds is 5. The molecule has 4 nitrogen and oxygen atoms in total. The minimum absolute atomic E-state index is 0.0544. The van der Waals surface area contributed by atoms with Crippen LogP contribution >= 0.6 is 0 Å². The van der Waals surface area contributed by atoms with Crippen LogP contribution in [0.3, 0.4) is 0 Å². The number of furan rings is 1.